The summed E-state index contributed by atoms with van der Waals surface area (Å²) in [5.41, 5.74) is 16.9. The number of rotatable bonds is 9. The molecule has 46 heavy (non-hydrogen) atoms. The first-order chi connectivity index (χ1) is 22.1. The molecule has 0 unspecified atom stereocenters. The number of amides is 2. The number of nitrogens with two attached hydrogens (primary N) is 2. The van der Waals surface area contributed by atoms with Gasteiger partial charge in [0.2, 0.25) is 11.8 Å². The Balaban J connectivity index is 1.12. The highest BCUT2D eigenvalue weighted by Gasteiger charge is 2.36. The number of benzene rings is 2. The zero-order chi connectivity index (χ0) is 32.5. The minimum atomic E-state index is -0.477. The van der Waals surface area contributed by atoms with Crippen LogP contribution in [0.3, 0.4) is 0 Å². The van der Waals surface area contributed by atoms with Crippen molar-refractivity contribution < 1.29 is 9.59 Å². The van der Waals surface area contributed by atoms with E-state index in [2.05, 4.69) is 48.5 Å². The molecule has 10 heteroatoms. The van der Waals surface area contributed by atoms with Crippen molar-refractivity contribution in [3.8, 4) is 32.0 Å². The average molecular weight is 657 g/mol. The third-order valence-corrected chi connectivity index (χ3v) is 11.7. The molecule has 2 aliphatic rings. The Morgan fingerprint density at radius 3 is 1.35 bits per heavy atom. The molecule has 2 fully saturated rings. The number of hydrogen-bond donors (Lipinski definition) is 2. The summed E-state index contributed by atoms with van der Waals surface area (Å²) in [7, 11) is 0. The van der Waals surface area contributed by atoms with Crippen molar-refractivity contribution in [2.45, 2.75) is 77.5 Å². The second-order valence-corrected chi connectivity index (χ2v) is 15.3. The Labute approximate surface area is 279 Å². The lowest BCUT2D eigenvalue weighted by atomic mass is 10.0. The van der Waals surface area contributed by atoms with E-state index in [0.717, 1.165) is 80.8 Å². The second-order valence-electron chi connectivity index (χ2n) is 13.2. The summed E-state index contributed by atoms with van der Waals surface area (Å²) in [6.07, 6.45) is 7.65. The standard InChI is InChI=1S/C36H44N6O2S2/c1-21(2)31(37)35(43)41-17-5-7-27(41)33-39-19-29(45-33)25-13-9-23(10-14-25)24-11-15-26(16-12-24)30-20-40-34(46-30)28-8-6-18-42(28)36(44)32(38)22(3)4/h9-16,19-22,27-28,31-32H,5-8,17-18,37-38H2,1-4H3/t27-,28-,31+,32+/m0/s1. The Kier molecular flexibility index (Phi) is 9.70. The van der Waals surface area contributed by atoms with E-state index in [-0.39, 0.29) is 35.7 Å². The van der Waals surface area contributed by atoms with Crippen molar-refractivity contribution in [1.82, 2.24) is 19.8 Å². The molecule has 2 amide bonds. The minimum Gasteiger partial charge on any atom is -0.332 e. The van der Waals surface area contributed by atoms with Gasteiger partial charge in [-0.1, -0.05) is 76.2 Å². The van der Waals surface area contributed by atoms with Crippen LogP contribution in [0, 0.1) is 11.8 Å². The third kappa shape index (κ3) is 6.53. The molecule has 2 aromatic heterocycles. The first-order valence-electron chi connectivity index (χ1n) is 16.4. The molecule has 4 N–H and O–H groups in total. The van der Waals surface area contributed by atoms with Crippen LogP contribution < -0.4 is 11.5 Å². The summed E-state index contributed by atoms with van der Waals surface area (Å²) < 4.78 is 0. The van der Waals surface area contributed by atoms with Crippen LogP contribution in [0.4, 0.5) is 0 Å². The van der Waals surface area contributed by atoms with Gasteiger partial charge >= 0.3 is 0 Å². The Bertz CT molecular complexity index is 1540. The first kappa shape index (κ1) is 32.5. The van der Waals surface area contributed by atoms with Gasteiger partial charge in [0, 0.05) is 25.5 Å². The molecule has 4 aromatic rings. The molecule has 0 saturated carbocycles. The van der Waals surface area contributed by atoms with Gasteiger partial charge in [-0.05, 0) is 59.8 Å². The predicted molar refractivity (Wildman–Crippen MR) is 187 cm³/mol. The Hall–Kier alpha value is -3.44. The molecule has 0 aliphatic carbocycles. The van der Waals surface area contributed by atoms with Crippen LogP contribution >= 0.6 is 22.7 Å². The number of thiazole rings is 2. The molecule has 0 radical (unpaired) electrons. The van der Waals surface area contributed by atoms with E-state index < -0.39 is 12.1 Å². The number of carbonyl (C=O) groups is 2. The van der Waals surface area contributed by atoms with Crippen LogP contribution in [0.2, 0.25) is 0 Å². The number of likely N-dealkylation sites (tertiary alicyclic amines) is 2. The maximum absolute atomic E-state index is 13.0. The van der Waals surface area contributed by atoms with Crippen molar-refractivity contribution in [3.63, 3.8) is 0 Å². The van der Waals surface area contributed by atoms with Gasteiger partial charge in [-0.25, -0.2) is 9.97 Å². The summed E-state index contributed by atoms with van der Waals surface area (Å²) in [4.78, 5) is 41.6. The monoisotopic (exact) mass is 656 g/mol. The molecule has 8 nitrogen and oxygen atoms in total. The van der Waals surface area contributed by atoms with Crippen LogP contribution in [0.5, 0.6) is 0 Å². The van der Waals surface area contributed by atoms with E-state index in [1.54, 1.807) is 22.7 Å². The first-order valence-corrected chi connectivity index (χ1v) is 18.0. The summed E-state index contributed by atoms with van der Waals surface area (Å²) in [5, 5.41) is 1.96. The zero-order valence-electron chi connectivity index (χ0n) is 27.1. The van der Waals surface area contributed by atoms with Crippen molar-refractivity contribution in [3.05, 3.63) is 70.9 Å². The van der Waals surface area contributed by atoms with Crippen LogP contribution in [-0.4, -0.2) is 56.8 Å². The van der Waals surface area contributed by atoms with Crippen LogP contribution in [0.1, 0.15) is 75.5 Å². The van der Waals surface area contributed by atoms with Gasteiger partial charge in [-0.2, -0.15) is 0 Å². The summed E-state index contributed by atoms with van der Waals surface area (Å²) >= 11 is 3.32. The van der Waals surface area contributed by atoms with E-state index in [9.17, 15) is 9.59 Å². The maximum atomic E-state index is 13.0. The van der Waals surface area contributed by atoms with E-state index in [4.69, 9.17) is 21.4 Å². The van der Waals surface area contributed by atoms with Crippen LogP contribution in [-0.2, 0) is 9.59 Å². The fourth-order valence-corrected chi connectivity index (χ4v) is 8.47. The van der Waals surface area contributed by atoms with Gasteiger partial charge in [-0.3, -0.25) is 9.59 Å². The lowest BCUT2D eigenvalue weighted by Gasteiger charge is -2.27. The van der Waals surface area contributed by atoms with Gasteiger partial charge in [0.05, 0.1) is 33.9 Å². The largest absolute Gasteiger partial charge is 0.332 e. The Morgan fingerprint density at radius 1 is 0.652 bits per heavy atom. The second kappa shape index (κ2) is 13.7. The molecule has 242 valence electrons. The Morgan fingerprint density at radius 2 is 1.00 bits per heavy atom. The highest BCUT2D eigenvalue weighted by Crippen LogP contribution is 2.40. The number of nitrogens with zero attached hydrogens (tertiary/aromatic N) is 4. The molecule has 4 heterocycles. The number of aromatic nitrogens is 2. The fraction of sp³-hybridized carbons (Fsp3) is 0.444. The van der Waals surface area contributed by atoms with Gasteiger partial charge in [0.25, 0.3) is 0 Å². The maximum Gasteiger partial charge on any atom is 0.240 e. The molecular weight excluding hydrogens is 613 g/mol. The van der Waals surface area contributed by atoms with Gasteiger partial charge in [-0.15, -0.1) is 22.7 Å². The molecule has 2 saturated heterocycles. The highest BCUT2D eigenvalue weighted by atomic mass is 32.1. The summed E-state index contributed by atoms with van der Waals surface area (Å²) in [6, 6.07) is 16.2. The quantitative estimate of drug-likeness (QED) is 0.203. The molecule has 4 atom stereocenters. The summed E-state index contributed by atoms with van der Waals surface area (Å²) in [6.45, 7) is 9.44. The lowest BCUT2D eigenvalue weighted by Crippen LogP contribution is -2.46. The van der Waals surface area contributed by atoms with E-state index in [1.807, 2.05) is 49.9 Å². The average Bonchev–Trinajstić information content (AvgIpc) is 3.89. The SMILES string of the molecule is CC(C)[C@@H](N)C(=O)N1CCC[C@H]1c1ncc(-c2ccc(-c3ccc(-c4cnc([C@@H]5CCCN5C(=O)[C@H](N)C(C)C)s4)cc3)cc2)s1. The van der Waals surface area contributed by atoms with Crippen LogP contribution in [0.25, 0.3) is 32.0 Å². The van der Waals surface area contributed by atoms with Gasteiger partial charge in [0.15, 0.2) is 0 Å². The van der Waals surface area contributed by atoms with Gasteiger partial charge in [0.1, 0.15) is 10.0 Å². The van der Waals surface area contributed by atoms with Crippen LogP contribution in [0.15, 0.2) is 60.9 Å². The third-order valence-electron chi connectivity index (χ3n) is 9.37. The van der Waals surface area contributed by atoms with E-state index in [1.165, 1.54) is 0 Å². The molecule has 0 bridgehead atoms. The van der Waals surface area contributed by atoms with Crippen molar-refractivity contribution >= 4 is 34.5 Å². The predicted octanol–water partition coefficient (Wildman–Crippen LogP) is 6.89. The topological polar surface area (TPSA) is 118 Å². The normalized spacial score (nSPS) is 19.7. The molecule has 0 spiro atoms. The van der Waals surface area contributed by atoms with E-state index in [0.29, 0.717) is 0 Å². The smallest absolute Gasteiger partial charge is 0.240 e. The van der Waals surface area contributed by atoms with E-state index >= 15 is 0 Å². The van der Waals surface area contributed by atoms with Crippen molar-refractivity contribution in [2.75, 3.05) is 13.1 Å². The molecular formula is C36H44N6O2S2. The van der Waals surface area contributed by atoms with Gasteiger partial charge < -0.3 is 21.3 Å². The van der Waals surface area contributed by atoms with Crippen molar-refractivity contribution in [2.24, 2.45) is 23.3 Å². The number of carbonyl (C=O) groups excluding carboxylic acids is 2. The zero-order valence-corrected chi connectivity index (χ0v) is 28.7. The fourth-order valence-electron chi connectivity index (χ4n) is 6.33. The molecule has 2 aliphatic heterocycles. The summed E-state index contributed by atoms with van der Waals surface area (Å²) in [5.74, 6) is 0.271. The van der Waals surface area contributed by atoms with Crippen molar-refractivity contribution in [1.29, 1.82) is 0 Å². The lowest BCUT2D eigenvalue weighted by molar-refractivity contribution is -0.135. The molecule has 6 rings (SSSR count). The highest BCUT2D eigenvalue weighted by molar-refractivity contribution is 7.15. The number of hydrogen-bond acceptors (Lipinski definition) is 8. The molecule has 2 aromatic carbocycles. The minimum absolute atomic E-state index is 0.00577.